The summed E-state index contributed by atoms with van der Waals surface area (Å²) < 4.78 is 24.8. The quantitative estimate of drug-likeness (QED) is 0.851. The summed E-state index contributed by atoms with van der Waals surface area (Å²) in [6, 6.07) is 0. The Labute approximate surface area is 102 Å². The van der Waals surface area contributed by atoms with Crippen LogP contribution in [0.4, 0.5) is 0 Å². The summed E-state index contributed by atoms with van der Waals surface area (Å²) in [4.78, 5) is 0. The lowest BCUT2D eigenvalue weighted by Gasteiger charge is -2.23. The second-order valence-electron chi connectivity index (χ2n) is 5.14. The van der Waals surface area contributed by atoms with Gasteiger partial charge in [-0.1, -0.05) is 0 Å². The van der Waals surface area contributed by atoms with Crippen molar-refractivity contribution in [2.75, 3.05) is 11.5 Å². The summed E-state index contributed by atoms with van der Waals surface area (Å²) in [5, 5.41) is 7.52. The van der Waals surface area contributed by atoms with Gasteiger partial charge in [-0.05, 0) is 20.3 Å². The molecule has 2 heterocycles. The Kier molecular flexibility index (Phi) is 3.03. The van der Waals surface area contributed by atoms with Crippen LogP contribution >= 0.6 is 0 Å². The number of aromatic nitrogens is 2. The Morgan fingerprint density at radius 3 is 2.76 bits per heavy atom. The molecular weight excluding hydrogens is 238 g/mol. The number of rotatable bonds is 3. The standard InChI is InChI=1S/C11H19N3O2S/c1-9-10(7-13-14(9)3)6-12-11(2)4-5-17(15,16)8-11/h7,12H,4-6,8H2,1-3H3. The SMILES string of the molecule is Cc1c(CNC2(C)CCS(=O)(=O)C2)cnn1C. The molecule has 0 aliphatic carbocycles. The minimum absolute atomic E-state index is 0.235. The summed E-state index contributed by atoms with van der Waals surface area (Å²) in [5.74, 6) is 0.530. The van der Waals surface area contributed by atoms with E-state index < -0.39 is 9.84 Å². The lowest BCUT2D eigenvalue weighted by Crippen LogP contribution is -2.42. The first-order valence-corrected chi connectivity index (χ1v) is 7.56. The van der Waals surface area contributed by atoms with Crippen molar-refractivity contribution in [1.82, 2.24) is 15.1 Å². The molecule has 17 heavy (non-hydrogen) atoms. The van der Waals surface area contributed by atoms with Gasteiger partial charge < -0.3 is 5.32 Å². The molecule has 0 aromatic carbocycles. The number of nitrogens with zero attached hydrogens (tertiary/aromatic N) is 2. The molecule has 0 saturated carbocycles. The van der Waals surface area contributed by atoms with Gasteiger partial charge in [-0.2, -0.15) is 5.10 Å². The van der Waals surface area contributed by atoms with Gasteiger partial charge in [-0.25, -0.2) is 8.42 Å². The first kappa shape index (κ1) is 12.6. The highest BCUT2D eigenvalue weighted by molar-refractivity contribution is 7.91. The third-order valence-corrected chi connectivity index (χ3v) is 5.45. The Hall–Kier alpha value is -0.880. The van der Waals surface area contributed by atoms with Crippen LogP contribution in [0.15, 0.2) is 6.20 Å². The maximum atomic E-state index is 11.5. The van der Waals surface area contributed by atoms with Crippen LogP contribution in [0.25, 0.3) is 0 Å². The second-order valence-corrected chi connectivity index (χ2v) is 7.32. The zero-order valence-corrected chi connectivity index (χ0v) is 11.3. The van der Waals surface area contributed by atoms with Crippen molar-refractivity contribution < 1.29 is 8.42 Å². The molecular formula is C11H19N3O2S. The number of sulfone groups is 1. The Morgan fingerprint density at radius 1 is 1.59 bits per heavy atom. The molecule has 5 nitrogen and oxygen atoms in total. The molecule has 1 aliphatic heterocycles. The van der Waals surface area contributed by atoms with E-state index in [0.717, 1.165) is 11.3 Å². The van der Waals surface area contributed by atoms with Crippen LogP contribution in [0.5, 0.6) is 0 Å². The Balaban J connectivity index is 2.02. The van der Waals surface area contributed by atoms with E-state index in [-0.39, 0.29) is 11.3 Å². The van der Waals surface area contributed by atoms with E-state index >= 15 is 0 Å². The van der Waals surface area contributed by atoms with E-state index in [1.807, 2.05) is 31.8 Å². The maximum absolute atomic E-state index is 11.5. The van der Waals surface area contributed by atoms with E-state index in [2.05, 4.69) is 10.4 Å². The van der Waals surface area contributed by atoms with Crippen molar-refractivity contribution in [3.05, 3.63) is 17.5 Å². The zero-order valence-electron chi connectivity index (χ0n) is 10.5. The highest BCUT2D eigenvalue weighted by Crippen LogP contribution is 2.23. The van der Waals surface area contributed by atoms with Crippen molar-refractivity contribution >= 4 is 9.84 Å². The Bertz CT molecular complexity index is 521. The maximum Gasteiger partial charge on any atom is 0.152 e. The topological polar surface area (TPSA) is 64.0 Å². The number of hydrogen-bond acceptors (Lipinski definition) is 4. The van der Waals surface area contributed by atoms with Gasteiger partial charge in [0.05, 0.1) is 17.7 Å². The van der Waals surface area contributed by atoms with E-state index in [0.29, 0.717) is 18.7 Å². The first-order chi connectivity index (χ1) is 7.81. The third kappa shape index (κ3) is 2.69. The van der Waals surface area contributed by atoms with Gasteiger partial charge in [-0.15, -0.1) is 0 Å². The normalized spacial score (nSPS) is 27.5. The lowest BCUT2D eigenvalue weighted by molar-refractivity contribution is 0.395. The Morgan fingerprint density at radius 2 is 2.29 bits per heavy atom. The molecule has 1 aromatic heterocycles. The van der Waals surface area contributed by atoms with E-state index in [1.165, 1.54) is 0 Å². The van der Waals surface area contributed by atoms with Gasteiger partial charge in [0.25, 0.3) is 0 Å². The smallest absolute Gasteiger partial charge is 0.152 e. The number of nitrogens with one attached hydrogen (secondary N) is 1. The average molecular weight is 257 g/mol. The van der Waals surface area contributed by atoms with Crippen LogP contribution in [0.3, 0.4) is 0 Å². The molecule has 1 N–H and O–H groups in total. The van der Waals surface area contributed by atoms with Gasteiger partial charge in [0, 0.05) is 30.4 Å². The summed E-state index contributed by atoms with van der Waals surface area (Å²) in [6.07, 6.45) is 2.52. The largest absolute Gasteiger partial charge is 0.306 e. The van der Waals surface area contributed by atoms with E-state index in [1.54, 1.807) is 0 Å². The molecule has 96 valence electrons. The van der Waals surface area contributed by atoms with Crippen molar-refractivity contribution in [2.45, 2.75) is 32.4 Å². The van der Waals surface area contributed by atoms with E-state index in [4.69, 9.17) is 0 Å². The lowest BCUT2D eigenvalue weighted by atomic mass is 10.0. The fourth-order valence-electron chi connectivity index (χ4n) is 2.18. The molecule has 0 bridgehead atoms. The monoisotopic (exact) mass is 257 g/mol. The number of aryl methyl sites for hydroxylation is 1. The number of hydrogen-bond donors (Lipinski definition) is 1. The third-order valence-electron chi connectivity index (χ3n) is 3.55. The highest BCUT2D eigenvalue weighted by atomic mass is 32.2. The molecule has 1 aromatic rings. The van der Waals surface area contributed by atoms with E-state index in [9.17, 15) is 8.42 Å². The summed E-state index contributed by atoms with van der Waals surface area (Å²) in [7, 11) is -0.943. The predicted molar refractivity (Wildman–Crippen MR) is 66.5 cm³/mol. The molecule has 1 unspecified atom stereocenters. The van der Waals surface area contributed by atoms with Gasteiger partial charge in [0.1, 0.15) is 0 Å². The van der Waals surface area contributed by atoms with Crippen LogP contribution in [0, 0.1) is 6.92 Å². The summed E-state index contributed by atoms with van der Waals surface area (Å²) >= 11 is 0. The van der Waals surface area contributed by atoms with Gasteiger partial charge in [0.15, 0.2) is 9.84 Å². The van der Waals surface area contributed by atoms with Crippen LogP contribution in [0.1, 0.15) is 24.6 Å². The molecule has 1 aliphatic rings. The van der Waals surface area contributed by atoms with Crippen LogP contribution in [-0.2, 0) is 23.4 Å². The molecule has 6 heteroatoms. The second kappa shape index (κ2) is 4.10. The fraction of sp³-hybridized carbons (Fsp3) is 0.727. The van der Waals surface area contributed by atoms with Crippen LogP contribution in [0.2, 0.25) is 0 Å². The van der Waals surface area contributed by atoms with Crippen molar-refractivity contribution in [2.24, 2.45) is 7.05 Å². The summed E-state index contributed by atoms with van der Waals surface area (Å²) in [5.41, 5.74) is 1.95. The van der Waals surface area contributed by atoms with Crippen molar-refractivity contribution in [3.63, 3.8) is 0 Å². The molecule has 0 amide bonds. The molecule has 0 radical (unpaired) electrons. The molecule has 0 spiro atoms. The highest BCUT2D eigenvalue weighted by Gasteiger charge is 2.37. The van der Waals surface area contributed by atoms with Gasteiger partial charge in [0.2, 0.25) is 0 Å². The van der Waals surface area contributed by atoms with Crippen LogP contribution < -0.4 is 5.32 Å². The first-order valence-electron chi connectivity index (χ1n) is 5.74. The minimum Gasteiger partial charge on any atom is -0.306 e. The molecule has 1 saturated heterocycles. The van der Waals surface area contributed by atoms with Gasteiger partial charge in [-0.3, -0.25) is 4.68 Å². The average Bonchev–Trinajstić information content (AvgIpc) is 2.68. The van der Waals surface area contributed by atoms with Gasteiger partial charge >= 0.3 is 0 Å². The van der Waals surface area contributed by atoms with Crippen molar-refractivity contribution in [1.29, 1.82) is 0 Å². The predicted octanol–water partition coefficient (Wildman–Crippen LogP) is 0.395. The van der Waals surface area contributed by atoms with Crippen molar-refractivity contribution in [3.8, 4) is 0 Å². The molecule has 2 rings (SSSR count). The molecule has 1 atom stereocenters. The molecule has 1 fully saturated rings. The minimum atomic E-state index is -2.85. The summed E-state index contributed by atoms with van der Waals surface area (Å²) in [6.45, 7) is 4.66. The zero-order chi connectivity index (χ0) is 12.7. The fourth-order valence-corrected chi connectivity index (χ4v) is 4.30. The van der Waals surface area contributed by atoms with Crippen LogP contribution in [-0.4, -0.2) is 35.2 Å².